The van der Waals surface area contributed by atoms with Crippen LogP contribution in [0.25, 0.3) is 0 Å². The lowest BCUT2D eigenvalue weighted by Crippen LogP contribution is -2.48. The molecule has 172 valence electrons. The molecule has 0 aliphatic carbocycles. The lowest BCUT2D eigenvalue weighted by Gasteiger charge is -2.32. The summed E-state index contributed by atoms with van der Waals surface area (Å²) >= 11 is 23.8. The molecule has 3 rings (SSSR count). The number of nitrogens with one attached hydrogen (secondary N) is 1. The van der Waals surface area contributed by atoms with Crippen molar-refractivity contribution < 1.29 is 14.3 Å². The Balaban J connectivity index is 2.52. The second kappa shape index (κ2) is 11.0. The van der Waals surface area contributed by atoms with E-state index in [1.807, 2.05) is 91.0 Å². The van der Waals surface area contributed by atoms with Gasteiger partial charge >= 0.3 is 5.97 Å². The summed E-state index contributed by atoms with van der Waals surface area (Å²) in [5.74, 6) is -1.58. The Morgan fingerprint density at radius 3 is 1.45 bits per heavy atom. The van der Waals surface area contributed by atoms with Crippen molar-refractivity contribution in [3.8, 4) is 0 Å². The van der Waals surface area contributed by atoms with Gasteiger partial charge in [-0.25, -0.2) is 4.79 Å². The Bertz CT molecular complexity index is 1060. The minimum Gasteiger partial charge on any atom is -0.465 e. The standard InChI is InChI=1S/C24H20Cl4NO3P/c1-32-22(31)20(21(30)29-23(25)24(26,27)28)33(17-11-5-2-6-12-17,18-13-7-3-8-14-18)19-15-9-4-10-16-19/h2-16,23H,1H3,(H,29,30)/t23-/m1/s1. The van der Waals surface area contributed by atoms with Gasteiger partial charge < -0.3 is 10.1 Å². The van der Waals surface area contributed by atoms with Gasteiger partial charge in [0, 0.05) is 0 Å². The van der Waals surface area contributed by atoms with Crippen LogP contribution < -0.4 is 21.2 Å². The summed E-state index contributed by atoms with van der Waals surface area (Å²) in [6, 6.07) is 28.0. The van der Waals surface area contributed by atoms with E-state index in [1.165, 1.54) is 7.11 Å². The average Bonchev–Trinajstić information content (AvgIpc) is 2.83. The van der Waals surface area contributed by atoms with E-state index in [4.69, 9.17) is 51.1 Å². The first-order valence-corrected chi connectivity index (χ1v) is 13.1. The van der Waals surface area contributed by atoms with Crippen LogP contribution in [-0.2, 0) is 14.3 Å². The van der Waals surface area contributed by atoms with Crippen molar-refractivity contribution in [1.82, 2.24) is 5.32 Å². The molecule has 3 aromatic carbocycles. The number of benzene rings is 3. The predicted octanol–water partition coefficient (Wildman–Crippen LogP) is 4.38. The maximum atomic E-state index is 13.7. The second-order valence-electron chi connectivity index (χ2n) is 6.90. The van der Waals surface area contributed by atoms with Gasteiger partial charge in [-0.2, -0.15) is 0 Å². The summed E-state index contributed by atoms with van der Waals surface area (Å²) in [4.78, 5) is 27.0. The number of esters is 1. The van der Waals surface area contributed by atoms with Gasteiger partial charge in [0.2, 0.25) is 3.79 Å². The fraction of sp³-hybridized carbons (Fsp3) is 0.125. The molecule has 0 aliphatic rings. The van der Waals surface area contributed by atoms with Gasteiger partial charge in [-0.3, -0.25) is 4.79 Å². The number of ether oxygens (including phenoxy) is 1. The van der Waals surface area contributed by atoms with Crippen LogP contribution in [0, 0.1) is 0 Å². The molecule has 3 aromatic rings. The molecular formula is C24H20Cl4NO3P. The van der Waals surface area contributed by atoms with Crippen LogP contribution in [0.5, 0.6) is 0 Å². The van der Waals surface area contributed by atoms with Gasteiger partial charge in [-0.15, -0.1) is 0 Å². The highest BCUT2D eigenvalue weighted by atomic mass is 35.6. The Morgan fingerprint density at radius 1 is 0.788 bits per heavy atom. The zero-order valence-corrected chi connectivity index (χ0v) is 21.3. The number of hydrogen-bond donors (Lipinski definition) is 1. The quantitative estimate of drug-likeness (QED) is 0.165. The summed E-state index contributed by atoms with van der Waals surface area (Å²) in [6.45, 7) is -3.06. The molecule has 0 saturated carbocycles. The van der Waals surface area contributed by atoms with Crippen LogP contribution in [0.15, 0.2) is 91.0 Å². The van der Waals surface area contributed by atoms with Crippen molar-refractivity contribution in [2.24, 2.45) is 0 Å². The van der Waals surface area contributed by atoms with Gasteiger partial charge in [-0.1, -0.05) is 137 Å². The van der Waals surface area contributed by atoms with Gasteiger partial charge in [0.1, 0.15) is 5.29 Å². The largest absolute Gasteiger partial charge is 0.465 e. The highest BCUT2D eigenvalue weighted by Crippen LogP contribution is 2.46. The van der Waals surface area contributed by atoms with Crippen molar-refractivity contribution in [2.75, 3.05) is 7.11 Å². The fourth-order valence-electron chi connectivity index (χ4n) is 3.53. The predicted molar refractivity (Wildman–Crippen MR) is 140 cm³/mol. The number of rotatable bonds is 6. The highest BCUT2D eigenvalue weighted by Gasteiger charge is 2.40. The molecule has 1 N–H and O–H groups in total. The van der Waals surface area contributed by atoms with E-state index in [9.17, 15) is 9.59 Å². The number of carbonyl (C=O) groups is 2. The van der Waals surface area contributed by atoms with E-state index in [2.05, 4.69) is 5.32 Å². The number of halogens is 4. The minimum absolute atomic E-state index is 0.117. The monoisotopic (exact) mass is 541 g/mol. The molecule has 0 fully saturated rings. The summed E-state index contributed by atoms with van der Waals surface area (Å²) in [5, 5.41) is 4.68. The zero-order valence-electron chi connectivity index (χ0n) is 17.4. The van der Waals surface area contributed by atoms with Crippen molar-refractivity contribution in [1.29, 1.82) is 0 Å². The molecule has 33 heavy (non-hydrogen) atoms. The van der Waals surface area contributed by atoms with Crippen LogP contribution >= 0.6 is 53.3 Å². The van der Waals surface area contributed by atoms with Gasteiger partial charge in [-0.05, 0) is 22.8 Å². The lowest BCUT2D eigenvalue weighted by molar-refractivity contribution is -0.133. The summed E-state index contributed by atoms with van der Waals surface area (Å²) in [7, 11) is 1.22. The fourth-order valence-corrected chi connectivity index (χ4v) is 8.06. The first kappa shape index (κ1) is 25.7. The average molecular weight is 543 g/mol. The van der Waals surface area contributed by atoms with Crippen molar-refractivity contribution >= 4 is 86.4 Å². The molecule has 0 spiro atoms. The maximum Gasteiger partial charge on any atom is 0.344 e. The van der Waals surface area contributed by atoms with E-state index >= 15 is 0 Å². The minimum atomic E-state index is -3.06. The van der Waals surface area contributed by atoms with E-state index in [0.29, 0.717) is 0 Å². The van der Waals surface area contributed by atoms with Crippen LogP contribution in [0.4, 0.5) is 0 Å². The van der Waals surface area contributed by atoms with Gasteiger partial charge in [0.15, 0.2) is 5.50 Å². The molecule has 0 radical (unpaired) electrons. The SMILES string of the molecule is COC(=O)C(C(=O)N[C@@H](Cl)C(Cl)(Cl)Cl)=P(c1ccccc1)(c1ccccc1)c1ccccc1. The summed E-state index contributed by atoms with van der Waals surface area (Å²) in [6.07, 6.45) is 0. The third kappa shape index (κ3) is 5.42. The normalized spacial score (nSPS) is 12.5. The van der Waals surface area contributed by atoms with E-state index < -0.39 is 28.1 Å². The molecule has 0 unspecified atom stereocenters. The first-order valence-electron chi connectivity index (χ1n) is 9.76. The zero-order chi connectivity index (χ0) is 24.1. The van der Waals surface area contributed by atoms with Gasteiger partial charge in [0.25, 0.3) is 5.91 Å². The van der Waals surface area contributed by atoms with Crippen molar-refractivity contribution in [3.63, 3.8) is 0 Å². The van der Waals surface area contributed by atoms with Crippen LogP contribution in [0.1, 0.15) is 0 Å². The van der Waals surface area contributed by atoms with E-state index in [-0.39, 0.29) is 5.29 Å². The molecule has 4 nitrogen and oxygen atoms in total. The summed E-state index contributed by atoms with van der Waals surface area (Å²) in [5.41, 5.74) is -1.39. The summed E-state index contributed by atoms with van der Waals surface area (Å²) < 4.78 is 3.13. The van der Waals surface area contributed by atoms with Crippen LogP contribution in [-0.4, -0.2) is 33.6 Å². The third-order valence-electron chi connectivity index (χ3n) is 4.90. The van der Waals surface area contributed by atoms with Crippen LogP contribution in [0.3, 0.4) is 0 Å². The number of alkyl halides is 4. The molecule has 0 bridgehead atoms. The Morgan fingerprint density at radius 2 is 1.15 bits per heavy atom. The number of carbonyl (C=O) groups excluding carboxylic acids is 2. The third-order valence-corrected chi connectivity index (χ3v) is 10.6. The molecule has 0 heterocycles. The topological polar surface area (TPSA) is 55.4 Å². The highest BCUT2D eigenvalue weighted by molar-refractivity contribution is 7.97. The lowest BCUT2D eigenvalue weighted by atomic mass is 10.3. The molecule has 0 aromatic heterocycles. The number of hydrogen-bond acceptors (Lipinski definition) is 3. The Hall–Kier alpha value is -1.94. The molecule has 0 aliphatic heterocycles. The Labute approximate surface area is 212 Å². The number of methoxy groups -OCH3 is 1. The van der Waals surface area contributed by atoms with E-state index in [1.54, 1.807) is 0 Å². The second-order valence-corrected chi connectivity index (χ2v) is 13.0. The van der Waals surface area contributed by atoms with Gasteiger partial charge in [0.05, 0.1) is 7.11 Å². The van der Waals surface area contributed by atoms with Crippen molar-refractivity contribution in [2.45, 2.75) is 9.29 Å². The van der Waals surface area contributed by atoms with Crippen molar-refractivity contribution in [3.05, 3.63) is 91.0 Å². The Kier molecular flexibility index (Phi) is 8.55. The molecule has 1 amide bonds. The smallest absolute Gasteiger partial charge is 0.344 e. The molecule has 0 saturated heterocycles. The number of amides is 1. The van der Waals surface area contributed by atoms with Crippen LogP contribution in [0.2, 0.25) is 0 Å². The molecule has 1 atom stereocenters. The first-order chi connectivity index (χ1) is 15.7. The molecular weight excluding hydrogens is 523 g/mol. The maximum absolute atomic E-state index is 13.7. The molecule has 9 heteroatoms. The van der Waals surface area contributed by atoms with E-state index in [0.717, 1.165) is 15.9 Å².